The first-order valence-corrected chi connectivity index (χ1v) is 7.70. The largest absolute Gasteiger partial charge is 0.465 e. The van der Waals surface area contributed by atoms with E-state index < -0.39 is 16.0 Å². The number of carbonyl (C=O) groups is 1. The van der Waals surface area contributed by atoms with Crippen LogP contribution >= 0.6 is 0 Å². The highest BCUT2D eigenvalue weighted by Crippen LogP contribution is 2.29. The average molecular weight is 302 g/mol. The van der Waals surface area contributed by atoms with Crippen LogP contribution in [0.15, 0.2) is 9.31 Å². The molecule has 7 nitrogen and oxygen atoms in total. The van der Waals surface area contributed by atoms with Gasteiger partial charge in [0.25, 0.3) is 0 Å². The number of nitrogens with one attached hydrogen (secondary N) is 1. The van der Waals surface area contributed by atoms with Crippen molar-refractivity contribution in [2.24, 2.45) is 5.73 Å². The Morgan fingerprint density at radius 2 is 1.95 bits per heavy atom. The van der Waals surface area contributed by atoms with Crippen molar-refractivity contribution in [1.29, 1.82) is 0 Å². The molecule has 2 rings (SSSR count). The monoisotopic (exact) mass is 302 g/mol. The van der Waals surface area contributed by atoms with Gasteiger partial charge in [-0.2, -0.15) is 0 Å². The van der Waals surface area contributed by atoms with Crippen molar-refractivity contribution < 1.29 is 22.4 Å². The Labute approximate surface area is 117 Å². The molecule has 8 heteroatoms. The average Bonchev–Trinajstić information content (AvgIpc) is 2.61. The zero-order valence-electron chi connectivity index (χ0n) is 11.6. The number of methoxy groups -OCH3 is 1. The minimum absolute atomic E-state index is 0.0231. The Morgan fingerprint density at radius 1 is 1.35 bits per heavy atom. The van der Waals surface area contributed by atoms with Crippen molar-refractivity contribution in [1.82, 2.24) is 4.72 Å². The third-order valence-electron chi connectivity index (χ3n) is 3.36. The molecule has 3 N–H and O–H groups in total. The summed E-state index contributed by atoms with van der Waals surface area (Å²) in [6.07, 6.45) is 1.17. The molecule has 1 heterocycles. The highest BCUT2D eigenvalue weighted by atomic mass is 32.2. The fourth-order valence-corrected chi connectivity index (χ4v) is 4.03. The molecule has 0 bridgehead atoms. The van der Waals surface area contributed by atoms with Crippen LogP contribution in [0, 0.1) is 13.8 Å². The quantitative estimate of drug-likeness (QED) is 0.781. The maximum Gasteiger partial charge on any atom is 0.342 e. The first-order chi connectivity index (χ1) is 9.26. The number of sulfonamides is 1. The van der Waals surface area contributed by atoms with Gasteiger partial charge >= 0.3 is 5.97 Å². The number of ether oxygens (including phenoxy) is 1. The van der Waals surface area contributed by atoms with Crippen molar-refractivity contribution >= 4 is 16.0 Å². The Hall–Kier alpha value is -1.38. The Bertz CT molecular complexity index is 629. The molecular formula is C12H18N2O5S. The van der Waals surface area contributed by atoms with Gasteiger partial charge in [0.05, 0.1) is 7.11 Å². The standard InChI is InChI=1S/C12H18N2O5S/c1-6-10(12(15)18-3)11(7(2)19-6)20(16,17)14-9-4-8(13)5-9/h8-9,14H,4-5,13H2,1-3H3. The number of rotatable bonds is 4. The summed E-state index contributed by atoms with van der Waals surface area (Å²) >= 11 is 0. The van der Waals surface area contributed by atoms with E-state index in [0.717, 1.165) is 0 Å². The predicted octanol–water partition coefficient (Wildman–Crippen LogP) is 0.451. The molecule has 0 aromatic carbocycles. The summed E-state index contributed by atoms with van der Waals surface area (Å²) in [5.74, 6) is -0.343. The number of aryl methyl sites for hydroxylation is 2. The molecule has 20 heavy (non-hydrogen) atoms. The third kappa shape index (κ3) is 2.58. The molecule has 0 saturated heterocycles. The lowest BCUT2D eigenvalue weighted by molar-refractivity contribution is 0.0594. The van der Waals surface area contributed by atoms with E-state index in [0.29, 0.717) is 12.8 Å². The highest BCUT2D eigenvalue weighted by molar-refractivity contribution is 7.89. The first-order valence-electron chi connectivity index (χ1n) is 6.22. The molecule has 0 amide bonds. The van der Waals surface area contributed by atoms with Gasteiger partial charge in [-0.15, -0.1) is 0 Å². The minimum atomic E-state index is -3.84. The van der Waals surface area contributed by atoms with E-state index in [1.54, 1.807) is 0 Å². The van der Waals surface area contributed by atoms with E-state index in [9.17, 15) is 13.2 Å². The van der Waals surface area contributed by atoms with Crippen LogP contribution in [0.2, 0.25) is 0 Å². The Balaban J connectivity index is 2.38. The number of carbonyl (C=O) groups excluding carboxylic acids is 1. The van der Waals surface area contributed by atoms with Crippen molar-refractivity contribution in [2.75, 3.05) is 7.11 Å². The van der Waals surface area contributed by atoms with Crippen LogP contribution in [0.1, 0.15) is 34.7 Å². The molecule has 1 aromatic rings. The molecule has 0 atom stereocenters. The Kier molecular flexibility index (Phi) is 3.90. The van der Waals surface area contributed by atoms with Crippen LogP contribution in [0.5, 0.6) is 0 Å². The van der Waals surface area contributed by atoms with E-state index in [-0.39, 0.29) is 34.1 Å². The Morgan fingerprint density at radius 3 is 2.45 bits per heavy atom. The van der Waals surface area contributed by atoms with Gasteiger partial charge in [-0.1, -0.05) is 0 Å². The molecule has 112 valence electrons. The zero-order valence-corrected chi connectivity index (χ0v) is 12.4. The van der Waals surface area contributed by atoms with Crippen molar-refractivity contribution in [3.05, 3.63) is 17.1 Å². The van der Waals surface area contributed by atoms with Gasteiger partial charge in [-0.05, 0) is 26.7 Å². The van der Waals surface area contributed by atoms with Crippen LogP contribution in [-0.4, -0.2) is 33.6 Å². The lowest BCUT2D eigenvalue weighted by atomic mass is 9.89. The minimum Gasteiger partial charge on any atom is -0.465 e. The molecule has 0 spiro atoms. The van der Waals surface area contributed by atoms with Crippen LogP contribution in [-0.2, 0) is 14.8 Å². The van der Waals surface area contributed by atoms with Gasteiger partial charge < -0.3 is 14.9 Å². The highest BCUT2D eigenvalue weighted by Gasteiger charge is 2.36. The van der Waals surface area contributed by atoms with Crippen molar-refractivity contribution in [2.45, 2.75) is 43.7 Å². The van der Waals surface area contributed by atoms with Crippen LogP contribution in [0.25, 0.3) is 0 Å². The summed E-state index contributed by atoms with van der Waals surface area (Å²) < 4.78 is 37.2. The summed E-state index contributed by atoms with van der Waals surface area (Å²) in [7, 11) is -2.65. The summed E-state index contributed by atoms with van der Waals surface area (Å²) in [5, 5.41) is 0. The van der Waals surface area contributed by atoms with Gasteiger partial charge in [-0.3, -0.25) is 0 Å². The number of nitrogens with two attached hydrogens (primary N) is 1. The second-order valence-electron chi connectivity index (χ2n) is 4.96. The van der Waals surface area contributed by atoms with Gasteiger partial charge in [0.2, 0.25) is 10.0 Å². The lowest BCUT2D eigenvalue weighted by Crippen LogP contribution is -2.50. The SMILES string of the molecule is COC(=O)c1c(C)oc(C)c1S(=O)(=O)NC1CC(N)C1. The van der Waals surface area contributed by atoms with Gasteiger partial charge in [0.15, 0.2) is 0 Å². The predicted molar refractivity (Wildman–Crippen MR) is 70.8 cm³/mol. The van der Waals surface area contributed by atoms with E-state index in [1.807, 2.05) is 0 Å². The smallest absolute Gasteiger partial charge is 0.342 e. The maximum atomic E-state index is 12.4. The molecule has 0 radical (unpaired) electrons. The number of furan rings is 1. The lowest BCUT2D eigenvalue weighted by Gasteiger charge is -2.32. The molecule has 1 fully saturated rings. The maximum absolute atomic E-state index is 12.4. The van der Waals surface area contributed by atoms with Crippen molar-refractivity contribution in [3.8, 4) is 0 Å². The molecule has 0 aliphatic heterocycles. The number of esters is 1. The zero-order chi connectivity index (χ0) is 15.1. The van der Waals surface area contributed by atoms with Gasteiger partial charge in [0.1, 0.15) is 22.0 Å². The van der Waals surface area contributed by atoms with E-state index in [4.69, 9.17) is 10.2 Å². The number of hydrogen-bond acceptors (Lipinski definition) is 6. The number of hydrogen-bond donors (Lipinski definition) is 2. The van der Waals surface area contributed by atoms with Crippen LogP contribution in [0.4, 0.5) is 0 Å². The molecule has 1 aliphatic rings. The van der Waals surface area contributed by atoms with Crippen molar-refractivity contribution in [3.63, 3.8) is 0 Å². The third-order valence-corrected chi connectivity index (χ3v) is 5.03. The molecular weight excluding hydrogens is 284 g/mol. The fraction of sp³-hybridized carbons (Fsp3) is 0.583. The molecule has 1 aromatic heterocycles. The summed E-state index contributed by atoms with van der Waals surface area (Å²) in [4.78, 5) is 11.6. The summed E-state index contributed by atoms with van der Waals surface area (Å²) in [6, 6.07) is -0.176. The fourth-order valence-electron chi connectivity index (χ4n) is 2.36. The second-order valence-corrected chi connectivity index (χ2v) is 6.61. The van der Waals surface area contributed by atoms with E-state index in [1.165, 1.54) is 21.0 Å². The van der Waals surface area contributed by atoms with Gasteiger partial charge in [-0.25, -0.2) is 17.9 Å². The van der Waals surface area contributed by atoms with Crippen LogP contribution < -0.4 is 10.5 Å². The normalized spacial score (nSPS) is 22.4. The molecule has 1 saturated carbocycles. The van der Waals surface area contributed by atoms with Gasteiger partial charge in [0, 0.05) is 12.1 Å². The molecule has 0 unspecified atom stereocenters. The summed E-state index contributed by atoms with van der Waals surface area (Å²) in [5.41, 5.74) is 5.58. The second kappa shape index (κ2) is 5.19. The topological polar surface area (TPSA) is 112 Å². The summed E-state index contributed by atoms with van der Waals surface area (Å²) in [6.45, 7) is 3.03. The first kappa shape index (κ1) is 15.0. The van der Waals surface area contributed by atoms with E-state index in [2.05, 4.69) is 9.46 Å². The van der Waals surface area contributed by atoms with E-state index >= 15 is 0 Å². The molecule has 1 aliphatic carbocycles. The van der Waals surface area contributed by atoms with Crippen LogP contribution in [0.3, 0.4) is 0 Å².